The Morgan fingerprint density at radius 3 is 2.65 bits per heavy atom. The van der Waals surface area contributed by atoms with Gasteiger partial charge in [-0.3, -0.25) is 9.48 Å². The maximum atomic E-state index is 12.4. The van der Waals surface area contributed by atoms with E-state index in [1.807, 2.05) is 42.8 Å². The number of carbonyl (C=O) groups is 1. The zero-order chi connectivity index (χ0) is 14.7. The number of benzene rings is 1. The van der Waals surface area contributed by atoms with Gasteiger partial charge in [0.15, 0.2) is 5.78 Å². The molecule has 0 N–H and O–H groups in total. The fourth-order valence-corrected chi connectivity index (χ4v) is 2.44. The van der Waals surface area contributed by atoms with Gasteiger partial charge in [0.25, 0.3) is 0 Å². The van der Waals surface area contributed by atoms with Crippen molar-refractivity contribution in [2.45, 2.75) is 40.2 Å². The molecule has 2 aromatic rings. The number of carbonyl (C=O) groups excluding carboxylic acids is 1. The maximum Gasteiger partial charge on any atom is 0.168 e. The van der Waals surface area contributed by atoms with Crippen LogP contribution < -0.4 is 0 Å². The van der Waals surface area contributed by atoms with Gasteiger partial charge in [-0.05, 0) is 44.0 Å². The Balaban J connectivity index is 2.22. The summed E-state index contributed by atoms with van der Waals surface area (Å²) in [6.45, 7) is 6.91. The van der Waals surface area contributed by atoms with E-state index in [1.54, 1.807) is 0 Å². The molecule has 4 heteroatoms. The lowest BCUT2D eigenvalue weighted by Crippen LogP contribution is -2.10. The molecule has 0 spiro atoms. The summed E-state index contributed by atoms with van der Waals surface area (Å²) >= 11 is 3.46. The van der Waals surface area contributed by atoms with Crippen molar-refractivity contribution < 1.29 is 4.79 Å². The van der Waals surface area contributed by atoms with E-state index >= 15 is 0 Å². The summed E-state index contributed by atoms with van der Waals surface area (Å²) < 4.78 is 2.95. The molecule has 0 saturated heterocycles. The van der Waals surface area contributed by atoms with E-state index in [0.717, 1.165) is 40.0 Å². The van der Waals surface area contributed by atoms with Crippen LogP contribution >= 0.6 is 15.9 Å². The molecule has 106 valence electrons. The predicted molar refractivity (Wildman–Crippen MR) is 84.2 cm³/mol. The molecule has 0 radical (unpaired) electrons. The van der Waals surface area contributed by atoms with Crippen LogP contribution in [0.1, 0.15) is 41.2 Å². The molecule has 0 unspecified atom stereocenters. The van der Waals surface area contributed by atoms with Crippen molar-refractivity contribution >= 4 is 21.7 Å². The highest BCUT2D eigenvalue weighted by atomic mass is 79.9. The molecule has 20 heavy (non-hydrogen) atoms. The lowest BCUT2D eigenvalue weighted by molar-refractivity contribution is 0.0990. The van der Waals surface area contributed by atoms with Crippen LogP contribution in [0.4, 0.5) is 0 Å². The summed E-state index contributed by atoms with van der Waals surface area (Å²) in [6, 6.07) is 7.76. The largest absolute Gasteiger partial charge is 0.294 e. The van der Waals surface area contributed by atoms with Crippen molar-refractivity contribution in [1.29, 1.82) is 0 Å². The molecular formula is C16H19BrN2O. The lowest BCUT2D eigenvalue weighted by atomic mass is 10.0. The zero-order valence-corrected chi connectivity index (χ0v) is 13.7. The van der Waals surface area contributed by atoms with Crippen molar-refractivity contribution in [3.63, 3.8) is 0 Å². The Morgan fingerprint density at radius 1 is 1.30 bits per heavy atom. The summed E-state index contributed by atoms with van der Waals surface area (Å²) in [7, 11) is 0. The molecular weight excluding hydrogens is 316 g/mol. The number of ketones is 1. The van der Waals surface area contributed by atoms with Crippen LogP contribution in [0.2, 0.25) is 0 Å². The molecule has 0 aliphatic carbocycles. The maximum absolute atomic E-state index is 12.4. The highest BCUT2D eigenvalue weighted by Crippen LogP contribution is 2.18. The van der Waals surface area contributed by atoms with E-state index in [1.165, 1.54) is 0 Å². The lowest BCUT2D eigenvalue weighted by Gasteiger charge is -2.05. The van der Waals surface area contributed by atoms with Gasteiger partial charge in [-0.15, -0.1) is 0 Å². The van der Waals surface area contributed by atoms with Crippen LogP contribution in [0.25, 0.3) is 0 Å². The number of nitrogens with zero attached hydrogens (tertiary/aromatic N) is 2. The standard InChI is InChI=1S/C16H19BrN2O/c1-4-13-9-14(19(5-2)18-13)10-16(20)12-6-7-15(17)11(3)8-12/h6-9H,4-5,10H2,1-3H3. The summed E-state index contributed by atoms with van der Waals surface area (Å²) in [5.41, 5.74) is 3.87. The van der Waals surface area contributed by atoms with Gasteiger partial charge in [0, 0.05) is 22.3 Å². The van der Waals surface area contributed by atoms with Crippen molar-refractivity contribution in [1.82, 2.24) is 9.78 Å². The fraction of sp³-hybridized carbons (Fsp3) is 0.375. The first kappa shape index (κ1) is 15.0. The van der Waals surface area contributed by atoms with E-state index in [9.17, 15) is 4.79 Å². The van der Waals surface area contributed by atoms with Gasteiger partial charge in [-0.1, -0.05) is 28.9 Å². The molecule has 0 bridgehead atoms. The van der Waals surface area contributed by atoms with Crippen LogP contribution in [0, 0.1) is 6.92 Å². The number of hydrogen-bond donors (Lipinski definition) is 0. The van der Waals surface area contributed by atoms with E-state index < -0.39 is 0 Å². The third-order valence-electron chi connectivity index (χ3n) is 3.40. The summed E-state index contributed by atoms with van der Waals surface area (Å²) in [5, 5.41) is 4.48. The monoisotopic (exact) mass is 334 g/mol. The first-order valence-electron chi connectivity index (χ1n) is 6.90. The van der Waals surface area contributed by atoms with Gasteiger partial charge in [-0.25, -0.2) is 0 Å². The van der Waals surface area contributed by atoms with Crippen LogP contribution in [0.5, 0.6) is 0 Å². The Morgan fingerprint density at radius 2 is 2.05 bits per heavy atom. The first-order chi connectivity index (χ1) is 9.55. The predicted octanol–water partition coefficient (Wildman–Crippen LogP) is 3.96. The summed E-state index contributed by atoms with van der Waals surface area (Å²) in [6.07, 6.45) is 1.30. The van der Waals surface area contributed by atoms with Gasteiger partial charge < -0.3 is 0 Å². The van der Waals surface area contributed by atoms with E-state index in [2.05, 4.69) is 28.0 Å². The Bertz CT molecular complexity index is 631. The highest BCUT2D eigenvalue weighted by Gasteiger charge is 2.13. The Labute approximate surface area is 128 Å². The van der Waals surface area contributed by atoms with E-state index in [-0.39, 0.29) is 5.78 Å². The number of halogens is 1. The topological polar surface area (TPSA) is 34.9 Å². The SMILES string of the molecule is CCc1cc(CC(=O)c2ccc(Br)c(C)c2)n(CC)n1. The number of rotatable bonds is 5. The highest BCUT2D eigenvalue weighted by molar-refractivity contribution is 9.10. The average Bonchev–Trinajstić information content (AvgIpc) is 2.84. The number of aromatic nitrogens is 2. The number of hydrogen-bond acceptors (Lipinski definition) is 2. The average molecular weight is 335 g/mol. The van der Waals surface area contributed by atoms with E-state index in [0.29, 0.717) is 6.42 Å². The second-order valence-corrected chi connectivity index (χ2v) is 5.71. The minimum Gasteiger partial charge on any atom is -0.294 e. The van der Waals surface area contributed by atoms with Crippen molar-refractivity contribution in [2.75, 3.05) is 0 Å². The second-order valence-electron chi connectivity index (χ2n) is 4.86. The first-order valence-corrected chi connectivity index (χ1v) is 7.69. The molecule has 0 saturated carbocycles. The molecule has 2 rings (SSSR count). The van der Waals surface area contributed by atoms with Gasteiger partial charge in [0.05, 0.1) is 12.1 Å². The normalized spacial score (nSPS) is 10.8. The number of aryl methyl sites for hydroxylation is 3. The third-order valence-corrected chi connectivity index (χ3v) is 4.29. The van der Waals surface area contributed by atoms with Gasteiger partial charge in [-0.2, -0.15) is 5.10 Å². The molecule has 1 aromatic heterocycles. The van der Waals surface area contributed by atoms with Crippen molar-refractivity contribution in [2.24, 2.45) is 0 Å². The number of Topliss-reactive ketones (excluding diaryl/α,β-unsaturated/α-hetero) is 1. The molecule has 1 heterocycles. The van der Waals surface area contributed by atoms with Gasteiger partial charge >= 0.3 is 0 Å². The second kappa shape index (κ2) is 6.35. The molecule has 0 aliphatic heterocycles. The Kier molecular flexibility index (Phi) is 4.76. The van der Waals surface area contributed by atoms with Gasteiger partial charge in [0.1, 0.15) is 0 Å². The quantitative estimate of drug-likeness (QED) is 0.775. The minimum absolute atomic E-state index is 0.137. The molecule has 0 amide bonds. The molecule has 3 nitrogen and oxygen atoms in total. The molecule has 0 fully saturated rings. The van der Waals surface area contributed by atoms with Crippen LogP contribution in [-0.2, 0) is 19.4 Å². The fourth-order valence-electron chi connectivity index (χ4n) is 2.19. The van der Waals surface area contributed by atoms with Crippen LogP contribution in [0.3, 0.4) is 0 Å². The van der Waals surface area contributed by atoms with Crippen LogP contribution in [0.15, 0.2) is 28.7 Å². The molecule has 0 atom stereocenters. The van der Waals surface area contributed by atoms with Crippen molar-refractivity contribution in [3.05, 3.63) is 51.3 Å². The van der Waals surface area contributed by atoms with Crippen molar-refractivity contribution in [3.8, 4) is 0 Å². The Hall–Kier alpha value is -1.42. The smallest absolute Gasteiger partial charge is 0.168 e. The van der Waals surface area contributed by atoms with Gasteiger partial charge in [0.2, 0.25) is 0 Å². The summed E-state index contributed by atoms with van der Waals surface area (Å²) in [4.78, 5) is 12.4. The molecule has 0 aliphatic rings. The van der Waals surface area contributed by atoms with E-state index in [4.69, 9.17) is 0 Å². The molecule has 1 aromatic carbocycles. The minimum atomic E-state index is 0.137. The third kappa shape index (κ3) is 3.18. The van der Waals surface area contributed by atoms with Crippen LogP contribution in [-0.4, -0.2) is 15.6 Å². The zero-order valence-electron chi connectivity index (χ0n) is 12.1. The summed E-state index contributed by atoms with van der Waals surface area (Å²) in [5.74, 6) is 0.137.